The molecule has 9 aromatic carbocycles. The first kappa shape index (κ1) is 31.1. The second kappa shape index (κ2) is 12.6. The van der Waals surface area contributed by atoms with E-state index in [1.165, 1.54) is 21.7 Å². The Morgan fingerprint density at radius 3 is 1.55 bits per heavy atom. The molecule has 55 heavy (non-hydrogen) atoms. The first-order chi connectivity index (χ1) is 27.2. The Kier molecular flexibility index (Phi) is 7.14. The summed E-state index contributed by atoms with van der Waals surface area (Å²) in [6.45, 7) is 0. The van der Waals surface area contributed by atoms with Crippen LogP contribution in [0.2, 0.25) is 0 Å². The van der Waals surface area contributed by atoms with Gasteiger partial charge in [-0.25, -0.2) is 15.0 Å². The Hall–Kier alpha value is -7.43. The number of fused-ring (bicyclic) bond motifs is 6. The molecule has 0 fully saturated rings. The van der Waals surface area contributed by atoms with Gasteiger partial charge in [-0.15, -0.1) is 0 Å². The Bertz CT molecular complexity index is 3250. The van der Waals surface area contributed by atoms with E-state index in [0.29, 0.717) is 17.5 Å². The molecule has 2 aromatic heterocycles. The van der Waals surface area contributed by atoms with Crippen LogP contribution in [-0.2, 0) is 0 Å². The zero-order valence-electron chi connectivity index (χ0n) is 29.6. The van der Waals surface area contributed by atoms with E-state index in [0.717, 1.165) is 71.5 Å². The zero-order valence-corrected chi connectivity index (χ0v) is 29.6. The highest BCUT2D eigenvalue weighted by atomic mass is 16.3. The lowest BCUT2D eigenvalue weighted by molar-refractivity contribution is 0.669. The summed E-state index contributed by atoms with van der Waals surface area (Å²) < 4.78 is 6.61. The van der Waals surface area contributed by atoms with Gasteiger partial charge in [0.05, 0.1) is 0 Å². The molecule has 0 N–H and O–H groups in total. The van der Waals surface area contributed by atoms with Gasteiger partial charge >= 0.3 is 0 Å². The summed E-state index contributed by atoms with van der Waals surface area (Å²) in [5.74, 6) is 1.90. The molecule has 0 bridgehead atoms. The standard InChI is InChI=1S/C51H31N3O/c1-2-14-35(15-3-1)49-52-50(54-51(53-49)43-23-11-19-33-13-7-9-21-40(33)43)36-26-24-34(25-27-36)47-42(41-22-10-18-32-12-6-8-20-39(32)41)28-29-45-48(47)44-30-37-16-4-5-17-38(37)31-46(44)55-45/h1-31H. The van der Waals surface area contributed by atoms with Crippen molar-refractivity contribution in [2.75, 3.05) is 0 Å². The fourth-order valence-corrected chi connectivity index (χ4v) is 8.09. The largest absolute Gasteiger partial charge is 0.456 e. The van der Waals surface area contributed by atoms with Gasteiger partial charge in [-0.3, -0.25) is 0 Å². The van der Waals surface area contributed by atoms with E-state index >= 15 is 0 Å². The van der Waals surface area contributed by atoms with Crippen molar-refractivity contribution in [1.82, 2.24) is 15.0 Å². The fourth-order valence-electron chi connectivity index (χ4n) is 8.09. The molecule has 11 rings (SSSR count). The predicted molar refractivity (Wildman–Crippen MR) is 227 cm³/mol. The van der Waals surface area contributed by atoms with E-state index < -0.39 is 0 Å². The number of furan rings is 1. The van der Waals surface area contributed by atoms with Crippen LogP contribution in [0.15, 0.2) is 192 Å². The summed E-state index contributed by atoms with van der Waals surface area (Å²) >= 11 is 0. The second-order valence-corrected chi connectivity index (χ2v) is 14.0. The molecule has 256 valence electrons. The van der Waals surface area contributed by atoms with Crippen molar-refractivity contribution in [3.05, 3.63) is 188 Å². The number of hydrogen-bond donors (Lipinski definition) is 0. The van der Waals surface area contributed by atoms with Gasteiger partial charge in [0.1, 0.15) is 11.2 Å². The van der Waals surface area contributed by atoms with Gasteiger partial charge in [0, 0.05) is 33.0 Å². The molecule has 4 nitrogen and oxygen atoms in total. The third kappa shape index (κ3) is 5.26. The van der Waals surface area contributed by atoms with Crippen LogP contribution in [0.25, 0.3) is 111 Å². The normalized spacial score (nSPS) is 11.6. The molecule has 0 amide bonds. The third-order valence-electron chi connectivity index (χ3n) is 10.7. The maximum Gasteiger partial charge on any atom is 0.164 e. The molecule has 0 radical (unpaired) electrons. The van der Waals surface area contributed by atoms with Crippen LogP contribution in [0, 0.1) is 0 Å². The summed E-state index contributed by atoms with van der Waals surface area (Å²) in [6.07, 6.45) is 0. The predicted octanol–water partition coefficient (Wildman–Crippen LogP) is 13.6. The van der Waals surface area contributed by atoms with E-state index in [1.807, 2.05) is 30.3 Å². The van der Waals surface area contributed by atoms with Gasteiger partial charge in [-0.2, -0.15) is 0 Å². The Balaban J connectivity index is 1.13. The van der Waals surface area contributed by atoms with Gasteiger partial charge in [0.15, 0.2) is 17.5 Å². The minimum Gasteiger partial charge on any atom is -0.456 e. The molecule has 0 aliphatic carbocycles. The fraction of sp³-hybridized carbons (Fsp3) is 0. The first-order valence-corrected chi connectivity index (χ1v) is 18.5. The minimum atomic E-state index is 0.621. The van der Waals surface area contributed by atoms with Crippen LogP contribution in [0.4, 0.5) is 0 Å². The molecule has 0 atom stereocenters. The summed E-state index contributed by atoms with van der Waals surface area (Å²) in [5.41, 5.74) is 9.10. The first-order valence-electron chi connectivity index (χ1n) is 18.5. The Labute approximate surface area is 317 Å². The highest BCUT2D eigenvalue weighted by Gasteiger charge is 2.20. The molecular weight excluding hydrogens is 671 g/mol. The van der Waals surface area contributed by atoms with Crippen LogP contribution in [-0.4, -0.2) is 15.0 Å². The van der Waals surface area contributed by atoms with Crippen molar-refractivity contribution in [3.8, 4) is 56.4 Å². The van der Waals surface area contributed by atoms with Crippen LogP contribution in [0.1, 0.15) is 0 Å². The van der Waals surface area contributed by atoms with E-state index in [2.05, 4.69) is 158 Å². The number of aromatic nitrogens is 3. The van der Waals surface area contributed by atoms with Crippen LogP contribution in [0.3, 0.4) is 0 Å². The van der Waals surface area contributed by atoms with Gasteiger partial charge in [-0.05, 0) is 73.3 Å². The molecule has 0 spiro atoms. The molecule has 4 heteroatoms. The van der Waals surface area contributed by atoms with Gasteiger partial charge in [0.25, 0.3) is 0 Å². The molecule has 0 saturated carbocycles. The number of nitrogens with zero attached hydrogens (tertiary/aromatic N) is 3. The maximum atomic E-state index is 6.61. The lowest BCUT2D eigenvalue weighted by Crippen LogP contribution is -2.00. The number of benzene rings is 9. The highest BCUT2D eigenvalue weighted by molar-refractivity contribution is 6.19. The highest BCUT2D eigenvalue weighted by Crippen LogP contribution is 2.45. The smallest absolute Gasteiger partial charge is 0.164 e. The number of hydrogen-bond acceptors (Lipinski definition) is 4. The molecule has 0 aliphatic rings. The van der Waals surface area contributed by atoms with E-state index in [9.17, 15) is 0 Å². The zero-order chi connectivity index (χ0) is 36.3. The molecule has 0 aliphatic heterocycles. The second-order valence-electron chi connectivity index (χ2n) is 14.0. The van der Waals surface area contributed by atoms with Gasteiger partial charge < -0.3 is 4.42 Å². The van der Waals surface area contributed by atoms with Crippen molar-refractivity contribution >= 4 is 54.3 Å². The molecule has 0 unspecified atom stereocenters. The average molecular weight is 702 g/mol. The molecular formula is C51H31N3O. The molecule has 0 saturated heterocycles. The van der Waals surface area contributed by atoms with E-state index in [1.54, 1.807) is 0 Å². The monoisotopic (exact) mass is 701 g/mol. The van der Waals surface area contributed by atoms with Crippen molar-refractivity contribution in [2.45, 2.75) is 0 Å². The van der Waals surface area contributed by atoms with Crippen molar-refractivity contribution in [3.63, 3.8) is 0 Å². The van der Waals surface area contributed by atoms with Crippen LogP contribution < -0.4 is 0 Å². The maximum absolute atomic E-state index is 6.61. The summed E-state index contributed by atoms with van der Waals surface area (Å²) in [6, 6.07) is 65.8. The van der Waals surface area contributed by atoms with E-state index in [4.69, 9.17) is 19.4 Å². The Morgan fingerprint density at radius 1 is 0.309 bits per heavy atom. The van der Waals surface area contributed by atoms with Gasteiger partial charge in [0.2, 0.25) is 0 Å². The SMILES string of the molecule is c1ccc(-c2nc(-c3ccc(-c4c(-c5cccc6ccccc56)ccc5oc6cc7ccccc7cc6c45)cc3)nc(-c3cccc4ccccc34)n2)cc1. The van der Waals surface area contributed by atoms with Gasteiger partial charge in [-0.1, -0.05) is 164 Å². The summed E-state index contributed by atoms with van der Waals surface area (Å²) in [4.78, 5) is 15.2. The van der Waals surface area contributed by atoms with Crippen LogP contribution >= 0.6 is 0 Å². The topological polar surface area (TPSA) is 51.8 Å². The average Bonchev–Trinajstić information content (AvgIpc) is 3.62. The van der Waals surface area contributed by atoms with Crippen molar-refractivity contribution in [2.24, 2.45) is 0 Å². The lowest BCUT2D eigenvalue weighted by atomic mass is 9.88. The summed E-state index contributed by atoms with van der Waals surface area (Å²) in [7, 11) is 0. The third-order valence-corrected chi connectivity index (χ3v) is 10.7. The molecule has 11 aromatic rings. The van der Waals surface area contributed by atoms with Crippen molar-refractivity contribution < 1.29 is 4.42 Å². The van der Waals surface area contributed by atoms with Crippen molar-refractivity contribution in [1.29, 1.82) is 0 Å². The van der Waals surface area contributed by atoms with E-state index in [-0.39, 0.29) is 0 Å². The quantitative estimate of drug-likeness (QED) is 0.179. The van der Waals surface area contributed by atoms with Crippen LogP contribution in [0.5, 0.6) is 0 Å². The molecule has 2 heterocycles. The summed E-state index contributed by atoms with van der Waals surface area (Å²) in [5, 5.41) is 9.19. The number of rotatable bonds is 5. The Morgan fingerprint density at radius 2 is 0.836 bits per heavy atom. The lowest BCUT2D eigenvalue weighted by Gasteiger charge is -2.15. The minimum absolute atomic E-state index is 0.621.